The second-order valence-electron chi connectivity index (χ2n) is 11.2. The highest BCUT2D eigenvalue weighted by atomic mass is 31.2. The first-order chi connectivity index (χ1) is 21.0. The SMILES string of the molecule is C=CC(=O)N1CCN(c2nc(=O)n(-c3c(C)cccc3P(C)(C)=O)c3nc(-c4c(F)cccc4C(F)(F)F)c(F)cc23)[C@@H](C)C1. The zero-order chi connectivity index (χ0) is 33.0. The van der Waals surface area contributed by atoms with Gasteiger partial charge in [0.2, 0.25) is 5.91 Å². The molecule has 2 aromatic heterocycles. The number of rotatable bonds is 5. The van der Waals surface area contributed by atoms with Crippen LogP contribution in [0.25, 0.3) is 28.0 Å². The maximum absolute atomic E-state index is 16.0. The third kappa shape index (κ3) is 5.77. The molecule has 1 saturated heterocycles. The lowest BCUT2D eigenvalue weighted by molar-refractivity contribution is -0.137. The van der Waals surface area contributed by atoms with E-state index in [2.05, 4.69) is 16.5 Å². The molecule has 0 aliphatic carbocycles. The number of piperazine rings is 1. The molecule has 0 spiro atoms. The summed E-state index contributed by atoms with van der Waals surface area (Å²) in [5.74, 6) is -2.95. The van der Waals surface area contributed by atoms with Gasteiger partial charge in [0.25, 0.3) is 0 Å². The number of amides is 1. The summed E-state index contributed by atoms with van der Waals surface area (Å²) < 4.78 is 87.5. The van der Waals surface area contributed by atoms with Crippen LogP contribution in [0.2, 0.25) is 0 Å². The smallest absolute Gasteiger partial charge is 0.350 e. The Hall–Kier alpha value is -4.38. The highest BCUT2D eigenvalue weighted by Crippen LogP contribution is 2.41. The number of fused-ring (bicyclic) bond motifs is 1. The number of halogens is 5. The molecule has 14 heteroatoms. The van der Waals surface area contributed by atoms with Crippen molar-refractivity contribution in [2.24, 2.45) is 0 Å². The zero-order valence-corrected chi connectivity index (χ0v) is 25.7. The molecular formula is C31H29F5N5O3P. The van der Waals surface area contributed by atoms with Gasteiger partial charge in [0.05, 0.1) is 22.2 Å². The molecule has 2 aromatic carbocycles. The number of aryl methyl sites for hydroxylation is 1. The van der Waals surface area contributed by atoms with Gasteiger partial charge in [0, 0.05) is 31.0 Å². The van der Waals surface area contributed by atoms with Crippen LogP contribution in [0.1, 0.15) is 18.1 Å². The Morgan fingerprint density at radius 3 is 2.38 bits per heavy atom. The van der Waals surface area contributed by atoms with Crippen molar-refractivity contribution in [1.82, 2.24) is 19.4 Å². The predicted molar refractivity (Wildman–Crippen MR) is 163 cm³/mol. The first-order valence-corrected chi connectivity index (χ1v) is 16.5. The number of anilines is 1. The van der Waals surface area contributed by atoms with E-state index < -0.39 is 53.5 Å². The average Bonchev–Trinajstić information content (AvgIpc) is 2.96. The summed E-state index contributed by atoms with van der Waals surface area (Å²) in [7, 11) is -3.08. The summed E-state index contributed by atoms with van der Waals surface area (Å²) in [4.78, 5) is 37.9. The number of carbonyl (C=O) groups excluding carboxylic acids is 1. The van der Waals surface area contributed by atoms with Gasteiger partial charge in [0.1, 0.15) is 24.5 Å². The third-order valence-corrected chi connectivity index (χ3v) is 9.28. The Morgan fingerprint density at radius 2 is 1.76 bits per heavy atom. The third-order valence-electron chi connectivity index (χ3n) is 7.76. The van der Waals surface area contributed by atoms with Gasteiger partial charge in [0.15, 0.2) is 11.5 Å². The Balaban J connectivity index is 1.89. The lowest BCUT2D eigenvalue weighted by Crippen LogP contribution is -2.54. The topological polar surface area (TPSA) is 88.4 Å². The number of carbonyl (C=O) groups is 1. The van der Waals surface area contributed by atoms with Gasteiger partial charge in [-0.1, -0.05) is 24.8 Å². The van der Waals surface area contributed by atoms with Crippen LogP contribution >= 0.6 is 7.14 Å². The van der Waals surface area contributed by atoms with Crippen LogP contribution in [0.3, 0.4) is 0 Å². The van der Waals surface area contributed by atoms with Crippen molar-refractivity contribution >= 4 is 35.2 Å². The van der Waals surface area contributed by atoms with Crippen LogP contribution in [0, 0.1) is 18.6 Å². The van der Waals surface area contributed by atoms with Crippen molar-refractivity contribution in [1.29, 1.82) is 0 Å². The molecule has 236 valence electrons. The molecular weight excluding hydrogens is 616 g/mol. The maximum atomic E-state index is 16.0. The molecule has 1 fully saturated rings. The van der Waals surface area contributed by atoms with Crippen molar-refractivity contribution in [3.63, 3.8) is 0 Å². The molecule has 1 aliphatic heterocycles. The fourth-order valence-corrected chi connectivity index (χ4v) is 6.90. The lowest BCUT2D eigenvalue weighted by atomic mass is 10.0. The van der Waals surface area contributed by atoms with Crippen molar-refractivity contribution in [2.75, 3.05) is 37.9 Å². The Labute approximate surface area is 255 Å². The number of hydrogen-bond acceptors (Lipinski definition) is 6. The van der Waals surface area contributed by atoms with Gasteiger partial charge >= 0.3 is 11.9 Å². The van der Waals surface area contributed by atoms with Crippen molar-refractivity contribution in [2.45, 2.75) is 26.1 Å². The zero-order valence-electron chi connectivity index (χ0n) is 24.8. The quantitative estimate of drug-likeness (QED) is 0.161. The fraction of sp³-hybridized carbons (Fsp3) is 0.290. The van der Waals surface area contributed by atoms with E-state index >= 15 is 8.78 Å². The number of nitrogens with zero attached hydrogens (tertiary/aromatic N) is 5. The number of benzene rings is 2. The van der Waals surface area contributed by atoms with Gasteiger partial charge in [-0.2, -0.15) is 18.2 Å². The van der Waals surface area contributed by atoms with E-state index in [-0.39, 0.29) is 53.4 Å². The molecule has 0 radical (unpaired) electrons. The van der Waals surface area contributed by atoms with Gasteiger partial charge in [-0.25, -0.2) is 23.1 Å². The lowest BCUT2D eigenvalue weighted by Gasteiger charge is -2.40. The number of pyridine rings is 1. The highest BCUT2D eigenvalue weighted by Gasteiger charge is 2.37. The Kier molecular flexibility index (Phi) is 8.20. The molecule has 45 heavy (non-hydrogen) atoms. The second kappa shape index (κ2) is 11.5. The van der Waals surface area contributed by atoms with Crippen LogP contribution in [0.15, 0.2) is 59.9 Å². The Bertz CT molecular complexity index is 1970. The normalized spacial score (nSPS) is 15.9. The minimum atomic E-state index is -5.05. The van der Waals surface area contributed by atoms with E-state index in [1.165, 1.54) is 19.4 Å². The maximum Gasteiger partial charge on any atom is 0.417 e. The molecule has 1 aliphatic rings. The summed E-state index contributed by atoms with van der Waals surface area (Å²) in [5, 5.41) is 0.215. The summed E-state index contributed by atoms with van der Waals surface area (Å²) in [6, 6.07) is 7.52. The van der Waals surface area contributed by atoms with Gasteiger partial charge in [-0.05, 0) is 63.1 Å². The minimum Gasteiger partial charge on any atom is -0.350 e. The van der Waals surface area contributed by atoms with Crippen LogP contribution in [-0.4, -0.2) is 64.3 Å². The van der Waals surface area contributed by atoms with Crippen LogP contribution in [0.4, 0.5) is 27.8 Å². The van der Waals surface area contributed by atoms with E-state index in [1.807, 2.05) is 0 Å². The minimum absolute atomic E-state index is 0.0155. The largest absolute Gasteiger partial charge is 0.417 e. The molecule has 0 N–H and O–H groups in total. The fourth-order valence-electron chi connectivity index (χ4n) is 5.67. The number of para-hydroxylation sites is 1. The molecule has 0 unspecified atom stereocenters. The molecule has 4 aromatic rings. The molecule has 1 amide bonds. The molecule has 8 nitrogen and oxygen atoms in total. The van der Waals surface area contributed by atoms with Gasteiger partial charge < -0.3 is 14.4 Å². The molecule has 0 saturated carbocycles. The van der Waals surface area contributed by atoms with Crippen LogP contribution < -0.4 is 15.9 Å². The molecule has 0 bridgehead atoms. The molecule has 3 heterocycles. The van der Waals surface area contributed by atoms with Crippen molar-refractivity contribution < 1.29 is 31.3 Å². The monoisotopic (exact) mass is 645 g/mol. The predicted octanol–water partition coefficient (Wildman–Crippen LogP) is 5.52. The van der Waals surface area contributed by atoms with Crippen molar-refractivity contribution in [3.05, 3.63) is 88.4 Å². The van der Waals surface area contributed by atoms with Gasteiger partial charge in [-0.3, -0.25) is 4.79 Å². The van der Waals surface area contributed by atoms with Crippen molar-refractivity contribution in [3.8, 4) is 16.9 Å². The number of aromatic nitrogens is 3. The molecule has 1 atom stereocenters. The standard InChI is InChI=1S/C31H29F5N5O3P/c1-6-24(42)39-13-14-40(18(3)16-39)28-19-15-22(33)26(25-20(31(34,35)36)10-8-11-21(25)32)37-29(19)41(30(43)38-28)27-17(2)9-7-12-23(27)45(4,5)44/h6-12,15,18H,1,13-14,16H2,2-5H3/t18-/m0/s1. The molecule has 5 rings (SSSR count). The van der Waals surface area contributed by atoms with E-state index in [0.29, 0.717) is 11.6 Å². The first kappa shape index (κ1) is 32.0. The van der Waals surface area contributed by atoms with E-state index in [4.69, 9.17) is 0 Å². The summed E-state index contributed by atoms with van der Waals surface area (Å²) in [6.45, 7) is 10.5. The summed E-state index contributed by atoms with van der Waals surface area (Å²) in [6.07, 6.45) is -3.88. The van der Waals surface area contributed by atoms with E-state index in [9.17, 15) is 27.3 Å². The van der Waals surface area contributed by atoms with E-state index in [0.717, 1.165) is 22.8 Å². The number of alkyl halides is 3. The first-order valence-electron chi connectivity index (χ1n) is 13.9. The second-order valence-corrected chi connectivity index (χ2v) is 14.4. The Morgan fingerprint density at radius 1 is 1.07 bits per heavy atom. The number of hydrogen-bond donors (Lipinski definition) is 0. The highest BCUT2D eigenvalue weighted by molar-refractivity contribution is 7.70. The average molecular weight is 646 g/mol. The van der Waals surface area contributed by atoms with Crippen LogP contribution in [-0.2, 0) is 15.5 Å². The summed E-state index contributed by atoms with van der Waals surface area (Å²) >= 11 is 0. The van der Waals surface area contributed by atoms with Gasteiger partial charge in [-0.15, -0.1) is 0 Å². The van der Waals surface area contributed by atoms with E-state index in [1.54, 1.807) is 41.8 Å². The summed E-state index contributed by atoms with van der Waals surface area (Å²) in [5.41, 5.74) is -4.16. The van der Waals surface area contributed by atoms with Crippen LogP contribution in [0.5, 0.6) is 0 Å².